The Kier molecular flexibility index (Phi) is 37.4. The van der Waals surface area contributed by atoms with E-state index in [4.69, 9.17) is 10.2 Å². The molecule has 0 atom stereocenters. The Hall–Kier alpha value is -1.84. The molecular formula is C36H66O4. The molecule has 0 rings (SSSR count). The molecule has 0 unspecified atom stereocenters. The van der Waals surface area contributed by atoms with Gasteiger partial charge in [-0.3, -0.25) is 9.59 Å². The molecule has 0 fully saturated rings. The van der Waals surface area contributed by atoms with E-state index < -0.39 is 11.9 Å². The Morgan fingerprint density at radius 2 is 0.675 bits per heavy atom. The van der Waals surface area contributed by atoms with Gasteiger partial charge in [0.1, 0.15) is 0 Å². The molecule has 4 heteroatoms. The summed E-state index contributed by atoms with van der Waals surface area (Å²) in [4.78, 5) is 20.6. The van der Waals surface area contributed by atoms with Gasteiger partial charge in [0.2, 0.25) is 0 Å². The third kappa shape index (κ3) is 43.2. The second-order valence-corrected chi connectivity index (χ2v) is 11.1. The summed E-state index contributed by atoms with van der Waals surface area (Å²) in [5.74, 6) is -1.33. The highest BCUT2D eigenvalue weighted by Crippen LogP contribution is 2.10. The second kappa shape index (κ2) is 37.2. The molecule has 0 aromatic rings. The van der Waals surface area contributed by atoms with Crippen molar-refractivity contribution in [2.75, 3.05) is 0 Å². The molecule has 2 N–H and O–H groups in total. The van der Waals surface area contributed by atoms with E-state index in [-0.39, 0.29) is 0 Å². The van der Waals surface area contributed by atoms with Crippen LogP contribution in [0.3, 0.4) is 0 Å². The highest BCUT2D eigenvalue weighted by molar-refractivity contribution is 5.66. The van der Waals surface area contributed by atoms with Gasteiger partial charge in [-0.05, 0) is 70.6 Å². The summed E-state index contributed by atoms with van der Waals surface area (Å²) >= 11 is 0. The van der Waals surface area contributed by atoms with Crippen molar-refractivity contribution in [1.82, 2.24) is 0 Å². The van der Waals surface area contributed by atoms with Crippen molar-refractivity contribution in [2.45, 2.75) is 181 Å². The first kappa shape index (κ1) is 40.3. The molecule has 0 aromatic carbocycles. The fourth-order valence-corrected chi connectivity index (χ4v) is 4.43. The summed E-state index contributed by atoms with van der Waals surface area (Å²) in [5.41, 5.74) is 0. The van der Waals surface area contributed by atoms with Crippen LogP contribution < -0.4 is 0 Å². The first-order valence-electron chi connectivity index (χ1n) is 16.9. The van der Waals surface area contributed by atoms with Crippen molar-refractivity contribution in [3.63, 3.8) is 0 Å². The van der Waals surface area contributed by atoms with Gasteiger partial charge in [0.25, 0.3) is 0 Å². The number of hydrogen-bond donors (Lipinski definition) is 2. The number of aliphatic carboxylic acids is 2. The molecule has 0 heterocycles. The van der Waals surface area contributed by atoms with E-state index in [1.54, 1.807) is 0 Å². The number of carboxylic acids is 2. The van der Waals surface area contributed by atoms with E-state index in [0.717, 1.165) is 38.5 Å². The molecule has 0 saturated heterocycles. The number of rotatable bonds is 29. The molecule has 0 saturated carbocycles. The first-order valence-corrected chi connectivity index (χ1v) is 16.9. The fraction of sp³-hybridized carbons (Fsp3) is 0.778. The smallest absolute Gasteiger partial charge is 0.303 e. The average molecular weight is 563 g/mol. The summed E-state index contributed by atoms with van der Waals surface area (Å²) in [6.45, 7) is 4.49. The minimum Gasteiger partial charge on any atom is -0.481 e. The van der Waals surface area contributed by atoms with E-state index in [2.05, 4.69) is 50.3 Å². The molecule has 0 bridgehead atoms. The molecule has 0 spiro atoms. The zero-order valence-corrected chi connectivity index (χ0v) is 26.6. The van der Waals surface area contributed by atoms with Gasteiger partial charge in [0, 0.05) is 12.8 Å². The van der Waals surface area contributed by atoms with Gasteiger partial charge in [0.15, 0.2) is 0 Å². The molecule has 40 heavy (non-hydrogen) atoms. The predicted molar refractivity (Wildman–Crippen MR) is 174 cm³/mol. The van der Waals surface area contributed by atoms with Crippen molar-refractivity contribution in [1.29, 1.82) is 0 Å². The van der Waals surface area contributed by atoms with E-state index in [1.807, 2.05) is 0 Å². The van der Waals surface area contributed by atoms with E-state index in [9.17, 15) is 9.59 Å². The maximum Gasteiger partial charge on any atom is 0.303 e. The third-order valence-electron chi connectivity index (χ3n) is 6.99. The molecule has 0 aromatic heterocycles. The second-order valence-electron chi connectivity index (χ2n) is 11.1. The molecule has 4 nitrogen and oxygen atoms in total. The molecule has 0 radical (unpaired) electrons. The molecule has 0 aliphatic heterocycles. The van der Waals surface area contributed by atoms with Crippen LogP contribution in [0.25, 0.3) is 0 Å². The van der Waals surface area contributed by atoms with E-state index in [0.29, 0.717) is 12.8 Å². The number of allylic oxidation sites excluding steroid dienone is 6. The lowest BCUT2D eigenvalue weighted by molar-refractivity contribution is -0.138. The van der Waals surface area contributed by atoms with Crippen molar-refractivity contribution in [2.24, 2.45) is 0 Å². The number of carbonyl (C=O) groups is 2. The lowest BCUT2D eigenvalue weighted by atomic mass is 10.1. The van der Waals surface area contributed by atoms with Crippen LogP contribution in [0, 0.1) is 0 Å². The zero-order chi connectivity index (χ0) is 29.8. The lowest BCUT2D eigenvalue weighted by Crippen LogP contribution is -1.93. The van der Waals surface area contributed by atoms with Gasteiger partial charge in [-0.2, -0.15) is 0 Å². The quantitative estimate of drug-likeness (QED) is 0.0702. The highest BCUT2D eigenvalue weighted by Gasteiger charge is 1.97. The van der Waals surface area contributed by atoms with Crippen LogP contribution in [0.15, 0.2) is 36.5 Å². The maximum atomic E-state index is 10.3. The van der Waals surface area contributed by atoms with Crippen LogP contribution >= 0.6 is 0 Å². The van der Waals surface area contributed by atoms with Crippen molar-refractivity contribution < 1.29 is 19.8 Å². The predicted octanol–water partition coefficient (Wildman–Crippen LogP) is 12.0. The van der Waals surface area contributed by atoms with Gasteiger partial charge in [-0.1, -0.05) is 134 Å². The standard InChI is InChI=1S/C18H34O2.C18H32O2/c2*1-2-3-4-5-6-7-8-9-10-11-12-13-14-15-16-17-18(19)20/h9-10H,2-8,11-17H2,1H3,(H,19,20);6-7,9-10H,2-5,8,11-17H2,1H3,(H,19,20)/b10-9+;7-6-,10-9-. The van der Waals surface area contributed by atoms with Gasteiger partial charge in [0.05, 0.1) is 0 Å². The SMILES string of the molecule is CCCCC/C=C\C/C=C\CCCCCCCC(=O)O.CCCCCCCC/C=C/CCCCCCCC(=O)O. The Balaban J connectivity index is 0. The van der Waals surface area contributed by atoms with Crippen molar-refractivity contribution in [3.8, 4) is 0 Å². The van der Waals surface area contributed by atoms with Crippen LogP contribution in [0.2, 0.25) is 0 Å². The topological polar surface area (TPSA) is 74.6 Å². The summed E-state index contributed by atoms with van der Waals surface area (Å²) in [6.07, 6.45) is 43.5. The molecule has 0 amide bonds. The monoisotopic (exact) mass is 562 g/mol. The van der Waals surface area contributed by atoms with Crippen molar-refractivity contribution in [3.05, 3.63) is 36.5 Å². The van der Waals surface area contributed by atoms with Gasteiger partial charge < -0.3 is 10.2 Å². The van der Waals surface area contributed by atoms with Gasteiger partial charge in [-0.25, -0.2) is 0 Å². The molecule has 234 valence electrons. The fourth-order valence-electron chi connectivity index (χ4n) is 4.43. The Bertz CT molecular complexity index is 606. The van der Waals surface area contributed by atoms with Crippen LogP contribution in [-0.2, 0) is 9.59 Å². The number of hydrogen-bond acceptors (Lipinski definition) is 2. The maximum absolute atomic E-state index is 10.3. The Morgan fingerprint density at radius 1 is 0.400 bits per heavy atom. The summed E-state index contributed by atoms with van der Waals surface area (Å²) in [5, 5.41) is 17.0. The largest absolute Gasteiger partial charge is 0.481 e. The summed E-state index contributed by atoms with van der Waals surface area (Å²) in [6, 6.07) is 0. The number of unbranched alkanes of at least 4 members (excludes halogenated alkanes) is 19. The van der Waals surface area contributed by atoms with Crippen LogP contribution in [0.1, 0.15) is 181 Å². The molecule has 0 aliphatic rings. The third-order valence-corrected chi connectivity index (χ3v) is 6.99. The minimum absolute atomic E-state index is 0.324. The lowest BCUT2D eigenvalue weighted by Gasteiger charge is -1.99. The van der Waals surface area contributed by atoms with E-state index >= 15 is 0 Å². The molecule has 0 aliphatic carbocycles. The van der Waals surface area contributed by atoms with E-state index in [1.165, 1.54) is 116 Å². The summed E-state index contributed by atoms with van der Waals surface area (Å²) < 4.78 is 0. The molecular weight excluding hydrogens is 496 g/mol. The first-order chi connectivity index (χ1) is 19.5. The minimum atomic E-state index is -0.671. The van der Waals surface area contributed by atoms with Crippen LogP contribution in [0.5, 0.6) is 0 Å². The average Bonchev–Trinajstić information content (AvgIpc) is 2.93. The zero-order valence-electron chi connectivity index (χ0n) is 26.6. The van der Waals surface area contributed by atoms with Crippen molar-refractivity contribution >= 4 is 11.9 Å². The van der Waals surface area contributed by atoms with Crippen LogP contribution in [-0.4, -0.2) is 22.2 Å². The highest BCUT2D eigenvalue weighted by atomic mass is 16.4. The number of carboxylic acid groups (broad SMARTS) is 2. The van der Waals surface area contributed by atoms with Gasteiger partial charge in [-0.15, -0.1) is 0 Å². The Morgan fingerprint density at radius 3 is 1.05 bits per heavy atom. The normalized spacial score (nSPS) is 11.4. The Labute approximate surface area is 248 Å². The summed E-state index contributed by atoms with van der Waals surface area (Å²) in [7, 11) is 0. The van der Waals surface area contributed by atoms with Gasteiger partial charge >= 0.3 is 11.9 Å². The van der Waals surface area contributed by atoms with Crippen LogP contribution in [0.4, 0.5) is 0 Å².